The van der Waals surface area contributed by atoms with Crippen molar-refractivity contribution in [3.05, 3.63) is 12.2 Å². The molecule has 1 aliphatic heterocycles. The zero-order valence-corrected chi connectivity index (χ0v) is 19.2. The van der Waals surface area contributed by atoms with Crippen LogP contribution in [0, 0.1) is 34.5 Å². The van der Waals surface area contributed by atoms with Gasteiger partial charge in [0.15, 0.2) is 5.78 Å². The van der Waals surface area contributed by atoms with Crippen molar-refractivity contribution < 1.29 is 34.3 Å². The molecule has 8 heteroatoms. The maximum Gasteiger partial charge on any atom is 0.165 e. The van der Waals surface area contributed by atoms with Gasteiger partial charge in [-0.05, 0) is 25.0 Å². The lowest BCUT2D eigenvalue weighted by atomic mass is 9.46. The number of nitrogens with zero attached hydrogens (tertiary/aromatic N) is 1. The molecule has 4 saturated carbocycles. The molecule has 0 radical (unpaired) electrons. The van der Waals surface area contributed by atoms with Crippen molar-refractivity contribution >= 4 is 5.78 Å². The van der Waals surface area contributed by atoms with Gasteiger partial charge in [-0.15, -0.1) is 0 Å². The molecule has 3 N–H and O–H groups in total. The third-order valence-electron chi connectivity index (χ3n) is 10.6. The van der Waals surface area contributed by atoms with Gasteiger partial charge in [0.05, 0.1) is 35.9 Å². The molecule has 1 saturated heterocycles. The summed E-state index contributed by atoms with van der Waals surface area (Å²) in [4.78, 5) is 15.9. The molecule has 0 aromatic heterocycles. The summed E-state index contributed by atoms with van der Waals surface area (Å²) in [5, 5.41) is 35.4. The fourth-order valence-electron chi connectivity index (χ4n) is 9.89. The van der Waals surface area contributed by atoms with E-state index in [1.54, 1.807) is 20.3 Å². The highest BCUT2D eigenvalue weighted by molar-refractivity contribution is 5.97. The maximum absolute atomic E-state index is 13.5. The molecule has 6 rings (SSSR count). The number of hydrogen-bond acceptors (Lipinski definition) is 8. The van der Waals surface area contributed by atoms with Gasteiger partial charge in [-0.3, -0.25) is 9.69 Å². The standard InChI is InChI=1S/C24H35NO7/c1-5-25-10-21(11-30-2)13(26)6-7-22-12-8-23(28)14(31-3)9-24(29,15(12)20(23)27)16(19(22)25)17(32-4)18(21)22/h6-7,12,14-20,27-29H,5,8-11H2,1-4H3/t12-,14+,15-,16+,17+,18-,19?,20-,21+,22-,23+,24-/m1/s1. The van der Waals surface area contributed by atoms with E-state index < -0.39 is 40.2 Å². The van der Waals surface area contributed by atoms with Crippen LogP contribution in [0.4, 0.5) is 0 Å². The van der Waals surface area contributed by atoms with E-state index in [9.17, 15) is 20.1 Å². The first kappa shape index (κ1) is 21.6. The van der Waals surface area contributed by atoms with Crippen molar-refractivity contribution in [2.75, 3.05) is 41.0 Å². The number of ether oxygens (including phenoxy) is 3. The normalized spacial score (nSPS) is 59.7. The average molecular weight is 450 g/mol. The monoisotopic (exact) mass is 449 g/mol. The van der Waals surface area contributed by atoms with Gasteiger partial charge >= 0.3 is 0 Å². The molecule has 1 heterocycles. The number of hydrogen-bond donors (Lipinski definition) is 3. The maximum atomic E-state index is 13.5. The van der Waals surface area contributed by atoms with E-state index in [-0.39, 0.29) is 48.7 Å². The third-order valence-corrected chi connectivity index (χ3v) is 10.6. The summed E-state index contributed by atoms with van der Waals surface area (Å²) in [6.45, 7) is 3.65. The largest absolute Gasteiger partial charge is 0.390 e. The topological polar surface area (TPSA) is 109 Å². The van der Waals surface area contributed by atoms with Crippen molar-refractivity contribution in [2.45, 2.75) is 55.3 Å². The van der Waals surface area contributed by atoms with E-state index in [0.29, 0.717) is 13.0 Å². The van der Waals surface area contributed by atoms with Crippen LogP contribution in [0.5, 0.6) is 0 Å². The van der Waals surface area contributed by atoms with Gasteiger partial charge in [-0.25, -0.2) is 0 Å². The second-order valence-electron chi connectivity index (χ2n) is 11.2. The van der Waals surface area contributed by atoms with Crippen LogP contribution in [-0.4, -0.2) is 103 Å². The Hall–Kier alpha value is -0.870. The molecule has 32 heavy (non-hydrogen) atoms. The number of carbonyl (C=O) groups excluding carboxylic acids is 1. The summed E-state index contributed by atoms with van der Waals surface area (Å²) >= 11 is 0. The van der Waals surface area contributed by atoms with E-state index >= 15 is 0 Å². The predicted molar refractivity (Wildman–Crippen MR) is 113 cm³/mol. The van der Waals surface area contributed by atoms with Crippen LogP contribution in [-0.2, 0) is 19.0 Å². The molecule has 12 atom stereocenters. The Labute approximate surface area is 188 Å². The molecule has 1 unspecified atom stereocenters. The number of ketones is 1. The SMILES string of the molecule is CCN1C[C@]2(COC)C(=O)C=C[C@]34C1[C@H]([C@H](OC)[C@H]23)[C@@]1(O)C[C@H](OC)[C@@]2(O)C[C@@H]4[C@@H]1[C@H]2O. The smallest absolute Gasteiger partial charge is 0.165 e. The Kier molecular flexibility index (Phi) is 4.34. The quantitative estimate of drug-likeness (QED) is 0.521. The number of likely N-dealkylation sites (tertiary alicyclic amines) is 1. The first-order valence-corrected chi connectivity index (χ1v) is 11.9. The highest BCUT2D eigenvalue weighted by Crippen LogP contribution is 2.78. The molecule has 0 aromatic rings. The molecular weight excluding hydrogens is 414 g/mol. The van der Waals surface area contributed by atoms with Crippen LogP contribution < -0.4 is 0 Å². The van der Waals surface area contributed by atoms with E-state index in [1.807, 2.05) is 0 Å². The number of fused-ring (bicyclic) bond motifs is 2. The number of allylic oxidation sites excluding steroid dienone is 1. The molecular formula is C24H35NO7. The molecule has 5 aliphatic carbocycles. The van der Waals surface area contributed by atoms with Crippen LogP contribution in [0.1, 0.15) is 19.8 Å². The van der Waals surface area contributed by atoms with Crippen molar-refractivity contribution in [1.82, 2.24) is 4.90 Å². The van der Waals surface area contributed by atoms with E-state index in [1.165, 1.54) is 7.11 Å². The predicted octanol–water partition coefficient (Wildman–Crippen LogP) is -0.399. The molecule has 178 valence electrons. The Bertz CT molecular complexity index is 880. The highest BCUT2D eigenvalue weighted by Gasteiger charge is 2.86. The molecule has 5 fully saturated rings. The summed E-state index contributed by atoms with van der Waals surface area (Å²) in [6.07, 6.45) is 2.21. The zero-order chi connectivity index (χ0) is 22.8. The summed E-state index contributed by atoms with van der Waals surface area (Å²) in [7, 11) is 4.83. The number of aliphatic hydroxyl groups excluding tert-OH is 1. The number of piperidine rings is 1. The van der Waals surface area contributed by atoms with Crippen LogP contribution in [0.15, 0.2) is 12.2 Å². The molecule has 0 amide bonds. The fourth-order valence-corrected chi connectivity index (χ4v) is 9.89. The minimum Gasteiger partial charge on any atom is -0.390 e. The number of aliphatic hydroxyl groups is 3. The van der Waals surface area contributed by atoms with Gasteiger partial charge in [-0.1, -0.05) is 13.0 Å². The molecule has 7 bridgehead atoms. The number of carbonyl (C=O) groups is 1. The van der Waals surface area contributed by atoms with Gasteiger partial charge in [-0.2, -0.15) is 0 Å². The Morgan fingerprint density at radius 3 is 2.50 bits per heavy atom. The third kappa shape index (κ3) is 1.97. The van der Waals surface area contributed by atoms with Crippen molar-refractivity contribution in [2.24, 2.45) is 34.5 Å². The first-order chi connectivity index (χ1) is 15.2. The van der Waals surface area contributed by atoms with Crippen molar-refractivity contribution in [3.63, 3.8) is 0 Å². The Morgan fingerprint density at radius 2 is 1.88 bits per heavy atom. The Morgan fingerprint density at radius 1 is 1.12 bits per heavy atom. The van der Waals surface area contributed by atoms with Gasteiger partial charge in [0, 0.05) is 63.5 Å². The summed E-state index contributed by atoms with van der Waals surface area (Å²) in [5.74, 6) is -1.16. The molecule has 0 aromatic carbocycles. The highest BCUT2D eigenvalue weighted by atomic mass is 16.5. The van der Waals surface area contributed by atoms with Gasteiger partial charge in [0.1, 0.15) is 5.60 Å². The molecule has 6 aliphatic rings. The summed E-state index contributed by atoms with van der Waals surface area (Å²) in [6, 6.07) is -0.0480. The summed E-state index contributed by atoms with van der Waals surface area (Å²) < 4.78 is 17.5. The first-order valence-electron chi connectivity index (χ1n) is 11.9. The minimum atomic E-state index is -1.41. The lowest BCUT2D eigenvalue weighted by molar-refractivity contribution is -0.258. The van der Waals surface area contributed by atoms with Crippen molar-refractivity contribution in [3.8, 4) is 0 Å². The average Bonchev–Trinajstić information content (AvgIpc) is 3.12. The fraction of sp³-hybridized carbons (Fsp3) is 0.875. The minimum absolute atomic E-state index is 0.0437. The van der Waals surface area contributed by atoms with E-state index in [4.69, 9.17) is 14.2 Å². The van der Waals surface area contributed by atoms with Crippen LogP contribution >= 0.6 is 0 Å². The van der Waals surface area contributed by atoms with Gasteiger partial charge < -0.3 is 29.5 Å². The van der Waals surface area contributed by atoms with E-state index in [2.05, 4.69) is 17.9 Å². The van der Waals surface area contributed by atoms with Crippen LogP contribution in [0.25, 0.3) is 0 Å². The lowest BCUT2D eigenvalue weighted by Gasteiger charge is -2.65. The number of rotatable bonds is 5. The lowest BCUT2D eigenvalue weighted by Crippen LogP contribution is -2.74. The Balaban J connectivity index is 1.65. The zero-order valence-electron chi connectivity index (χ0n) is 19.2. The van der Waals surface area contributed by atoms with E-state index in [0.717, 1.165) is 6.54 Å². The second kappa shape index (κ2) is 6.42. The van der Waals surface area contributed by atoms with Crippen LogP contribution in [0.3, 0.4) is 0 Å². The van der Waals surface area contributed by atoms with Crippen molar-refractivity contribution in [1.29, 1.82) is 0 Å². The van der Waals surface area contributed by atoms with Crippen LogP contribution in [0.2, 0.25) is 0 Å². The number of methoxy groups -OCH3 is 3. The molecule has 1 spiro atoms. The summed E-state index contributed by atoms with van der Waals surface area (Å²) in [5.41, 5.74) is -3.97. The van der Waals surface area contributed by atoms with Gasteiger partial charge in [0.2, 0.25) is 0 Å². The molecule has 8 nitrogen and oxygen atoms in total. The second-order valence-corrected chi connectivity index (χ2v) is 11.2. The van der Waals surface area contributed by atoms with Gasteiger partial charge in [0.25, 0.3) is 0 Å².